The number of rotatable bonds is 2. The zero-order chi connectivity index (χ0) is 11.9. The van der Waals surface area contributed by atoms with E-state index in [1.807, 2.05) is 0 Å². The normalized spacial score (nSPS) is 28.1. The largest absolute Gasteiger partial charge is 0.477 e. The van der Waals surface area contributed by atoms with Gasteiger partial charge in [0, 0.05) is 10.7 Å². The minimum Gasteiger partial charge on any atom is -0.477 e. The number of carbonyl (C=O) groups excluding carboxylic acids is 1. The predicted molar refractivity (Wildman–Crippen MR) is 54.9 cm³/mol. The number of azide groups is 1. The standard InChI is InChI=1S/C7H7N5O3S/c8-3-5(13)12-4(7(14)15)2(10-11-9)1-16-6(3)12/h3,6H,1,8H2,(H,14,15)/t3-,6-/m1/s1. The number of β-lactam (4-membered cyclic amide) rings is 1. The van der Waals surface area contributed by atoms with Gasteiger partial charge in [-0.2, -0.15) is 0 Å². The Morgan fingerprint density at radius 1 is 1.75 bits per heavy atom. The Hall–Kier alpha value is -1.70. The van der Waals surface area contributed by atoms with Gasteiger partial charge in [-0.3, -0.25) is 9.69 Å². The molecule has 0 bridgehead atoms. The van der Waals surface area contributed by atoms with Crippen LogP contribution in [0.5, 0.6) is 0 Å². The van der Waals surface area contributed by atoms with Crippen LogP contribution >= 0.6 is 11.8 Å². The van der Waals surface area contributed by atoms with Crippen LogP contribution in [0.4, 0.5) is 0 Å². The average Bonchev–Trinajstić information content (AvgIpc) is 2.27. The molecule has 16 heavy (non-hydrogen) atoms. The molecular formula is C7H7N5O3S. The van der Waals surface area contributed by atoms with Crippen LogP contribution in [0.1, 0.15) is 0 Å². The molecule has 2 aliphatic rings. The van der Waals surface area contributed by atoms with E-state index >= 15 is 0 Å². The molecule has 1 saturated heterocycles. The van der Waals surface area contributed by atoms with Gasteiger partial charge in [-0.05, 0) is 5.53 Å². The molecule has 0 spiro atoms. The van der Waals surface area contributed by atoms with Gasteiger partial charge in [-0.25, -0.2) is 4.79 Å². The van der Waals surface area contributed by atoms with Gasteiger partial charge < -0.3 is 10.8 Å². The summed E-state index contributed by atoms with van der Waals surface area (Å²) in [5.74, 6) is -1.50. The fourth-order valence-corrected chi connectivity index (χ4v) is 2.84. The Bertz CT molecular complexity index is 455. The molecule has 0 radical (unpaired) electrons. The lowest BCUT2D eigenvalue weighted by Crippen LogP contribution is -2.68. The number of aliphatic carboxylic acids is 1. The number of thioether (sulfide) groups is 1. The van der Waals surface area contributed by atoms with Gasteiger partial charge in [0.2, 0.25) is 5.91 Å². The number of carboxylic acids is 1. The van der Waals surface area contributed by atoms with E-state index in [4.69, 9.17) is 16.4 Å². The maximum absolute atomic E-state index is 11.4. The van der Waals surface area contributed by atoms with E-state index in [-0.39, 0.29) is 22.5 Å². The Balaban J connectivity index is 2.45. The number of carbonyl (C=O) groups is 2. The van der Waals surface area contributed by atoms with Gasteiger partial charge in [0.1, 0.15) is 17.1 Å². The maximum atomic E-state index is 11.4. The van der Waals surface area contributed by atoms with Gasteiger partial charge in [0.25, 0.3) is 0 Å². The topological polar surface area (TPSA) is 132 Å². The van der Waals surface area contributed by atoms with Crippen molar-refractivity contribution in [1.82, 2.24) is 4.90 Å². The second-order valence-corrected chi connectivity index (χ2v) is 4.33. The van der Waals surface area contributed by atoms with Crippen LogP contribution < -0.4 is 5.73 Å². The van der Waals surface area contributed by atoms with Gasteiger partial charge in [-0.1, -0.05) is 5.11 Å². The number of amides is 1. The van der Waals surface area contributed by atoms with Crippen LogP contribution in [0, 0.1) is 0 Å². The predicted octanol–water partition coefficient (Wildman–Crippen LogP) is -0.165. The Labute approximate surface area is 93.7 Å². The number of hydrogen-bond acceptors (Lipinski definition) is 5. The van der Waals surface area contributed by atoms with Crippen molar-refractivity contribution < 1.29 is 14.7 Å². The fraction of sp³-hybridized carbons (Fsp3) is 0.429. The molecule has 8 nitrogen and oxygen atoms in total. The third-order valence-corrected chi connectivity index (χ3v) is 3.64. The summed E-state index contributed by atoms with van der Waals surface area (Å²) in [7, 11) is 0. The molecular weight excluding hydrogens is 234 g/mol. The third-order valence-electron chi connectivity index (χ3n) is 2.36. The first-order valence-electron chi connectivity index (χ1n) is 4.29. The van der Waals surface area contributed by atoms with E-state index in [1.165, 1.54) is 11.8 Å². The van der Waals surface area contributed by atoms with E-state index in [2.05, 4.69) is 10.0 Å². The van der Waals surface area contributed by atoms with Gasteiger partial charge in [-0.15, -0.1) is 11.8 Å². The van der Waals surface area contributed by atoms with E-state index in [1.54, 1.807) is 0 Å². The SMILES string of the molecule is [N-]=[N+]=NC1=C(C(=O)O)N2C(=O)[C@@H](N)[C@H]2SC1. The third kappa shape index (κ3) is 1.33. The molecule has 3 N–H and O–H groups in total. The summed E-state index contributed by atoms with van der Waals surface area (Å²) in [6, 6.07) is -0.674. The van der Waals surface area contributed by atoms with Crippen LogP contribution in [-0.4, -0.2) is 39.1 Å². The lowest BCUT2D eigenvalue weighted by molar-refractivity contribution is -0.147. The number of hydrogen-bond donors (Lipinski definition) is 2. The highest BCUT2D eigenvalue weighted by molar-refractivity contribution is 8.00. The molecule has 1 fully saturated rings. The maximum Gasteiger partial charge on any atom is 0.352 e. The quantitative estimate of drug-likeness (QED) is 0.300. The van der Waals surface area contributed by atoms with Crippen LogP contribution in [0.15, 0.2) is 16.5 Å². The number of nitrogens with zero attached hydrogens (tertiary/aromatic N) is 4. The zero-order valence-electron chi connectivity index (χ0n) is 7.90. The Morgan fingerprint density at radius 3 is 3.00 bits per heavy atom. The van der Waals surface area contributed by atoms with Crippen molar-refractivity contribution in [3.63, 3.8) is 0 Å². The highest BCUT2D eigenvalue weighted by atomic mass is 32.2. The van der Waals surface area contributed by atoms with Crippen LogP contribution in [0.3, 0.4) is 0 Å². The summed E-state index contributed by atoms with van der Waals surface area (Å²) in [6.45, 7) is 0. The number of carboxylic acid groups (broad SMARTS) is 1. The van der Waals surface area contributed by atoms with E-state index in [9.17, 15) is 9.59 Å². The molecule has 2 heterocycles. The second-order valence-electron chi connectivity index (χ2n) is 3.23. The van der Waals surface area contributed by atoms with E-state index in [0.717, 1.165) is 4.90 Å². The second kappa shape index (κ2) is 3.71. The van der Waals surface area contributed by atoms with Gasteiger partial charge >= 0.3 is 5.97 Å². The average molecular weight is 241 g/mol. The first-order valence-corrected chi connectivity index (χ1v) is 5.34. The Kier molecular flexibility index (Phi) is 2.50. The molecule has 2 aliphatic heterocycles. The molecule has 2 atom stereocenters. The molecule has 0 unspecified atom stereocenters. The fourth-order valence-electron chi connectivity index (χ4n) is 1.63. The summed E-state index contributed by atoms with van der Waals surface area (Å²) >= 11 is 1.29. The molecule has 2 rings (SSSR count). The zero-order valence-corrected chi connectivity index (χ0v) is 8.72. The summed E-state index contributed by atoms with van der Waals surface area (Å²) in [5, 5.41) is 11.9. The van der Waals surface area contributed by atoms with Crippen molar-refractivity contribution in [2.45, 2.75) is 11.4 Å². The van der Waals surface area contributed by atoms with Crippen molar-refractivity contribution in [2.24, 2.45) is 10.8 Å². The van der Waals surface area contributed by atoms with Crippen LogP contribution in [-0.2, 0) is 9.59 Å². The lowest BCUT2D eigenvalue weighted by atomic mass is 10.1. The van der Waals surface area contributed by atoms with Crippen LogP contribution in [0.25, 0.3) is 10.4 Å². The molecule has 0 aromatic rings. The molecule has 0 aliphatic carbocycles. The smallest absolute Gasteiger partial charge is 0.352 e. The Morgan fingerprint density at radius 2 is 2.44 bits per heavy atom. The van der Waals surface area contributed by atoms with Crippen molar-refractivity contribution in [1.29, 1.82) is 0 Å². The van der Waals surface area contributed by atoms with Crippen molar-refractivity contribution in [3.8, 4) is 0 Å². The highest BCUT2D eigenvalue weighted by Gasteiger charge is 2.51. The van der Waals surface area contributed by atoms with Gasteiger partial charge in [0.05, 0.1) is 5.70 Å². The van der Waals surface area contributed by atoms with Crippen molar-refractivity contribution in [3.05, 3.63) is 21.8 Å². The first kappa shape index (κ1) is 10.8. The summed E-state index contributed by atoms with van der Waals surface area (Å²) in [6.07, 6.45) is 0. The molecule has 1 amide bonds. The number of nitrogens with two attached hydrogens (primary N) is 1. The summed E-state index contributed by atoms with van der Waals surface area (Å²) in [5.41, 5.74) is 13.6. The number of fused-ring (bicyclic) bond motifs is 1. The monoisotopic (exact) mass is 241 g/mol. The van der Waals surface area contributed by atoms with Crippen molar-refractivity contribution in [2.75, 3.05) is 5.75 Å². The minimum absolute atomic E-state index is 0.0523. The molecule has 9 heteroatoms. The van der Waals surface area contributed by atoms with E-state index in [0.29, 0.717) is 0 Å². The van der Waals surface area contributed by atoms with Crippen LogP contribution in [0.2, 0.25) is 0 Å². The molecule has 0 aromatic carbocycles. The molecule has 0 saturated carbocycles. The minimum atomic E-state index is -1.28. The molecule has 84 valence electrons. The first-order chi connectivity index (χ1) is 7.57. The summed E-state index contributed by atoms with van der Waals surface area (Å²) in [4.78, 5) is 26.0. The van der Waals surface area contributed by atoms with Crippen molar-refractivity contribution >= 4 is 23.6 Å². The highest BCUT2D eigenvalue weighted by Crippen LogP contribution is 2.39. The lowest BCUT2D eigenvalue weighted by Gasteiger charge is -2.47. The summed E-state index contributed by atoms with van der Waals surface area (Å²) < 4.78 is 0. The van der Waals surface area contributed by atoms with E-state index < -0.39 is 17.9 Å². The van der Waals surface area contributed by atoms with Gasteiger partial charge in [0.15, 0.2) is 0 Å². The molecule has 0 aromatic heterocycles.